The van der Waals surface area contributed by atoms with Crippen LogP contribution in [0, 0.1) is 0 Å². The maximum absolute atomic E-state index is 12.6. The van der Waals surface area contributed by atoms with Crippen molar-refractivity contribution >= 4 is 50.8 Å². The van der Waals surface area contributed by atoms with Crippen molar-refractivity contribution in [1.29, 1.82) is 0 Å². The molecule has 0 saturated carbocycles. The molecule has 1 aliphatic rings. The summed E-state index contributed by atoms with van der Waals surface area (Å²) in [5.74, 6) is -0.0139. The van der Waals surface area contributed by atoms with Crippen LogP contribution in [0.4, 0.5) is 5.82 Å². The van der Waals surface area contributed by atoms with Gasteiger partial charge in [0.1, 0.15) is 25.5 Å². The normalized spacial score (nSPS) is 15.6. The van der Waals surface area contributed by atoms with Gasteiger partial charge in [0, 0.05) is 34.9 Å². The molecule has 11 heteroatoms. The highest BCUT2D eigenvalue weighted by molar-refractivity contribution is 7.85. The Morgan fingerprint density at radius 1 is 1.18 bits per heavy atom. The maximum atomic E-state index is 12.6. The lowest BCUT2D eigenvalue weighted by molar-refractivity contribution is -0.140. The van der Waals surface area contributed by atoms with Crippen molar-refractivity contribution < 1.29 is 18.5 Å². The molecular formula is C23H24ClN5O4S. The van der Waals surface area contributed by atoms with Crippen molar-refractivity contribution in [3.8, 4) is 0 Å². The quantitative estimate of drug-likeness (QED) is 0.472. The number of aromatic nitrogens is 2. The monoisotopic (exact) mass is 501 g/mol. The van der Waals surface area contributed by atoms with Crippen LogP contribution in [0.25, 0.3) is 10.9 Å². The SMILES string of the molecule is Nc1ncnc2cc(CN3CCN(COCC(=O)CS(=O)c4cccc(Cl)c4)CC3=O)ccc12. The van der Waals surface area contributed by atoms with Crippen LogP contribution in [0.5, 0.6) is 0 Å². The second-order valence-electron chi connectivity index (χ2n) is 7.94. The highest BCUT2D eigenvalue weighted by Crippen LogP contribution is 2.19. The Morgan fingerprint density at radius 2 is 2.03 bits per heavy atom. The molecule has 9 nitrogen and oxygen atoms in total. The molecule has 2 aromatic carbocycles. The van der Waals surface area contributed by atoms with Gasteiger partial charge in [0.05, 0.1) is 28.6 Å². The molecule has 0 spiro atoms. The Hall–Kier alpha value is -2.92. The van der Waals surface area contributed by atoms with Gasteiger partial charge in [-0.25, -0.2) is 9.97 Å². The van der Waals surface area contributed by atoms with Gasteiger partial charge in [-0.05, 0) is 35.9 Å². The Bertz CT molecular complexity index is 1240. The largest absolute Gasteiger partial charge is 0.383 e. The number of nitrogen functional groups attached to an aromatic ring is 1. The summed E-state index contributed by atoms with van der Waals surface area (Å²) >= 11 is 5.90. The van der Waals surface area contributed by atoms with E-state index in [0.29, 0.717) is 35.4 Å². The number of halogens is 1. The minimum atomic E-state index is -1.48. The molecule has 0 radical (unpaired) electrons. The van der Waals surface area contributed by atoms with Crippen molar-refractivity contribution in [2.24, 2.45) is 0 Å². The Labute approximate surface area is 204 Å². The van der Waals surface area contributed by atoms with Gasteiger partial charge in [0.25, 0.3) is 0 Å². The number of fused-ring (bicyclic) bond motifs is 1. The summed E-state index contributed by atoms with van der Waals surface area (Å²) in [5.41, 5.74) is 7.57. The third kappa shape index (κ3) is 6.15. The van der Waals surface area contributed by atoms with Gasteiger partial charge in [-0.2, -0.15) is 0 Å². The average Bonchev–Trinajstić information content (AvgIpc) is 2.81. The number of nitrogens with zero attached hydrogens (tertiary/aromatic N) is 4. The molecule has 2 N–H and O–H groups in total. The molecule has 1 unspecified atom stereocenters. The van der Waals surface area contributed by atoms with Crippen LogP contribution in [0.3, 0.4) is 0 Å². The first kappa shape index (κ1) is 24.2. The number of Topliss-reactive ketones (excluding diaryl/α,β-unsaturated/α-hetero) is 1. The number of nitrogens with two attached hydrogens (primary N) is 1. The lowest BCUT2D eigenvalue weighted by Crippen LogP contribution is -2.50. The molecule has 1 atom stereocenters. The van der Waals surface area contributed by atoms with E-state index in [-0.39, 0.29) is 37.3 Å². The van der Waals surface area contributed by atoms with Gasteiger partial charge < -0.3 is 15.4 Å². The van der Waals surface area contributed by atoms with E-state index in [4.69, 9.17) is 22.1 Å². The lowest BCUT2D eigenvalue weighted by atomic mass is 10.1. The summed E-state index contributed by atoms with van der Waals surface area (Å²) in [6, 6.07) is 12.3. The third-order valence-corrected chi connectivity index (χ3v) is 6.99. The summed E-state index contributed by atoms with van der Waals surface area (Å²) < 4.78 is 17.8. The van der Waals surface area contributed by atoms with E-state index in [1.807, 2.05) is 23.1 Å². The number of rotatable bonds is 9. The van der Waals surface area contributed by atoms with Crippen LogP contribution in [-0.4, -0.2) is 74.4 Å². The van der Waals surface area contributed by atoms with Crippen LogP contribution in [0.15, 0.2) is 53.7 Å². The third-order valence-electron chi connectivity index (χ3n) is 5.39. The van der Waals surface area contributed by atoms with Gasteiger partial charge in [-0.1, -0.05) is 23.7 Å². The first-order valence-electron chi connectivity index (χ1n) is 10.6. The number of ether oxygens (including phenoxy) is 1. The van der Waals surface area contributed by atoms with Gasteiger partial charge in [0.2, 0.25) is 5.91 Å². The number of ketones is 1. The Morgan fingerprint density at radius 3 is 2.82 bits per heavy atom. The van der Waals surface area contributed by atoms with E-state index in [2.05, 4.69) is 9.97 Å². The van der Waals surface area contributed by atoms with E-state index >= 15 is 0 Å². The van der Waals surface area contributed by atoms with Crippen molar-refractivity contribution in [3.63, 3.8) is 0 Å². The number of carbonyl (C=O) groups excluding carboxylic acids is 2. The van der Waals surface area contributed by atoms with Gasteiger partial charge in [0.15, 0.2) is 5.78 Å². The topological polar surface area (TPSA) is 119 Å². The molecule has 0 bridgehead atoms. The van der Waals surface area contributed by atoms with E-state index in [0.717, 1.165) is 16.5 Å². The fourth-order valence-electron chi connectivity index (χ4n) is 3.65. The van der Waals surface area contributed by atoms with Crippen LogP contribution in [-0.2, 0) is 31.7 Å². The zero-order chi connectivity index (χ0) is 24.1. The summed E-state index contributed by atoms with van der Waals surface area (Å²) in [7, 11) is -1.48. The zero-order valence-corrected chi connectivity index (χ0v) is 19.9. The number of benzene rings is 2. The average molecular weight is 502 g/mol. The number of carbonyl (C=O) groups is 2. The molecule has 1 saturated heterocycles. The summed E-state index contributed by atoms with van der Waals surface area (Å²) in [6.07, 6.45) is 1.42. The van der Waals surface area contributed by atoms with Crippen molar-refractivity contribution in [1.82, 2.24) is 19.8 Å². The van der Waals surface area contributed by atoms with Crippen LogP contribution < -0.4 is 5.73 Å². The second kappa shape index (κ2) is 11.0. The first-order valence-corrected chi connectivity index (χ1v) is 12.3. The zero-order valence-electron chi connectivity index (χ0n) is 18.4. The molecule has 4 rings (SSSR count). The minimum absolute atomic E-state index is 0.0227. The summed E-state index contributed by atoms with van der Waals surface area (Å²) in [6.45, 7) is 1.83. The molecule has 1 aliphatic heterocycles. The number of piperazine rings is 1. The number of amides is 1. The van der Waals surface area contributed by atoms with Crippen LogP contribution in [0.2, 0.25) is 5.02 Å². The molecule has 34 heavy (non-hydrogen) atoms. The highest BCUT2D eigenvalue weighted by Gasteiger charge is 2.24. The van der Waals surface area contributed by atoms with Gasteiger partial charge in [-0.15, -0.1) is 0 Å². The molecule has 2 heterocycles. The molecule has 0 aliphatic carbocycles. The smallest absolute Gasteiger partial charge is 0.237 e. The minimum Gasteiger partial charge on any atom is -0.383 e. The molecule has 1 amide bonds. The fourth-order valence-corrected chi connectivity index (χ4v) is 4.93. The van der Waals surface area contributed by atoms with E-state index in [9.17, 15) is 13.8 Å². The molecule has 1 aromatic heterocycles. The van der Waals surface area contributed by atoms with Gasteiger partial charge in [-0.3, -0.25) is 18.7 Å². The Balaban J connectivity index is 1.21. The summed E-state index contributed by atoms with van der Waals surface area (Å²) in [4.78, 5) is 37.1. The van der Waals surface area contributed by atoms with E-state index in [1.54, 1.807) is 29.2 Å². The molecular weight excluding hydrogens is 478 g/mol. The van der Waals surface area contributed by atoms with Crippen LogP contribution >= 0.6 is 11.6 Å². The predicted molar refractivity (Wildman–Crippen MR) is 129 cm³/mol. The number of hydrogen-bond acceptors (Lipinski definition) is 8. The second-order valence-corrected chi connectivity index (χ2v) is 9.83. The first-order chi connectivity index (χ1) is 16.4. The van der Waals surface area contributed by atoms with E-state index in [1.165, 1.54) is 6.33 Å². The van der Waals surface area contributed by atoms with E-state index < -0.39 is 10.8 Å². The van der Waals surface area contributed by atoms with Crippen molar-refractivity contribution in [2.75, 3.05) is 44.5 Å². The lowest BCUT2D eigenvalue weighted by Gasteiger charge is -2.34. The number of hydrogen-bond donors (Lipinski definition) is 1. The van der Waals surface area contributed by atoms with Crippen molar-refractivity contribution in [2.45, 2.75) is 11.4 Å². The predicted octanol–water partition coefficient (Wildman–Crippen LogP) is 1.86. The Kier molecular flexibility index (Phi) is 7.84. The highest BCUT2D eigenvalue weighted by atomic mass is 35.5. The van der Waals surface area contributed by atoms with Gasteiger partial charge >= 0.3 is 0 Å². The maximum Gasteiger partial charge on any atom is 0.237 e. The summed E-state index contributed by atoms with van der Waals surface area (Å²) in [5, 5.41) is 1.25. The van der Waals surface area contributed by atoms with Crippen molar-refractivity contribution in [3.05, 3.63) is 59.4 Å². The molecule has 3 aromatic rings. The standard InChI is InChI=1S/C23H24ClN5O4S/c24-17-2-1-3-19(9-17)34(32)13-18(30)12-33-15-28-6-7-29(22(31)11-28)10-16-4-5-20-21(8-16)26-14-27-23(20)25/h1-5,8-9,14H,6-7,10-13,15H2,(H2,25,26,27). The fraction of sp³-hybridized carbons (Fsp3) is 0.304. The number of anilines is 1. The van der Waals surface area contributed by atoms with Crippen LogP contribution in [0.1, 0.15) is 5.56 Å². The molecule has 178 valence electrons. The molecule has 1 fully saturated rings.